The summed E-state index contributed by atoms with van der Waals surface area (Å²) in [5.41, 5.74) is 5.45. The first kappa shape index (κ1) is 12.3. The van der Waals surface area contributed by atoms with Crippen LogP contribution in [0.3, 0.4) is 0 Å². The number of benzene rings is 1. The predicted molar refractivity (Wildman–Crippen MR) is 67.2 cm³/mol. The highest BCUT2D eigenvalue weighted by Crippen LogP contribution is 2.22. The van der Waals surface area contributed by atoms with E-state index in [1.165, 1.54) is 6.92 Å². The van der Waals surface area contributed by atoms with E-state index >= 15 is 0 Å². The molecule has 0 amide bonds. The molecule has 0 unspecified atom stereocenters. The number of carbonyl (C=O) groups is 2. The Kier molecular flexibility index (Phi) is 2.92. The lowest BCUT2D eigenvalue weighted by Gasteiger charge is -2.20. The van der Waals surface area contributed by atoms with Crippen molar-refractivity contribution in [2.45, 2.75) is 18.9 Å². The van der Waals surface area contributed by atoms with Crippen molar-refractivity contribution in [3.8, 4) is 0 Å². The molecule has 0 saturated heterocycles. The van der Waals surface area contributed by atoms with Gasteiger partial charge in [0.2, 0.25) is 0 Å². The summed E-state index contributed by atoms with van der Waals surface area (Å²) in [6.07, 6.45) is 1.67. The van der Waals surface area contributed by atoms with Gasteiger partial charge in [-0.2, -0.15) is 0 Å². The third kappa shape index (κ3) is 1.89. The minimum atomic E-state index is -1.87. The quantitative estimate of drug-likeness (QED) is 0.703. The van der Waals surface area contributed by atoms with Crippen LogP contribution in [0.4, 0.5) is 0 Å². The van der Waals surface area contributed by atoms with Crippen LogP contribution < -0.4 is 5.73 Å². The first-order chi connectivity index (χ1) is 8.45. The van der Waals surface area contributed by atoms with E-state index in [1.807, 2.05) is 24.3 Å². The molecule has 0 fully saturated rings. The molecule has 0 saturated carbocycles. The number of aromatic nitrogens is 1. The van der Waals surface area contributed by atoms with E-state index in [0.29, 0.717) is 0 Å². The first-order valence-electron chi connectivity index (χ1n) is 5.53. The molecule has 94 valence electrons. The number of hydrogen-bond acceptors (Lipinski definition) is 3. The summed E-state index contributed by atoms with van der Waals surface area (Å²) in [5.74, 6) is -1.86. The molecule has 0 aliphatic heterocycles. The molecule has 0 spiro atoms. The van der Waals surface area contributed by atoms with E-state index in [-0.39, 0.29) is 6.42 Å². The van der Waals surface area contributed by atoms with Crippen molar-refractivity contribution in [1.82, 2.24) is 4.98 Å². The minimum Gasteiger partial charge on any atom is -0.480 e. The average molecular weight is 246 g/mol. The summed E-state index contributed by atoms with van der Waals surface area (Å²) in [4.78, 5) is 25.7. The van der Waals surface area contributed by atoms with E-state index in [9.17, 15) is 9.59 Å². The number of carbonyl (C=O) groups excluding carboxylic acids is 1. The fourth-order valence-electron chi connectivity index (χ4n) is 1.93. The molecule has 2 aromatic rings. The lowest BCUT2D eigenvalue weighted by Crippen LogP contribution is -2.55. The van der Waals surface area contributed by atoms with E-state index in [0.717, 1.165) is 16.5 Å². The van der Waals surface area contributed by atoms with E-state index in [2.05, 4.69) is 4.98 Å². The highest BCUT2D eigenvalue weighted by Gasteiger charge is 2.39. The second-order valence-corrected chi connectivity index (χ2v) is 4.37. The topological polar surface area (TPSA) is 96.2 Å². The van der Waals surface area contributed by atoms with Gasteiger partial charge in [0, 0.05) is 23.5 Å². The maximum absolute atomic E-state index is 11.5. The van der Waals surface area contributed by atoms with Gasteiger partial charge in [-0.25, -0.2) is 4.79 Å². The fraction of sp³-hybridized carbons (Fsp3) is 0.231. The summed E-state index contributed by atoms with van der Waals surface area (Å²) >= 11 is 0. The molecular weight excluding hydrogens is 232 g/mol. The predicted octanol–water partition coefficient (Wildman–Crippen LogP) is 1.08. The van der Waals surface area contributed by atoms with Crippen molar-refractivity contribution < 1.29 is 14.7 Å². The number of nitrogens with two attached hydrogens (primary N) is 1. The number of rotatable bonds is 4. The van der Waals surface area contributed by atoms with Gasteiger partial charge in [-0.15, -0.1) is 0 Å². The zero-order valence-electron chi connectivity index (χ0n) is 9.93. The average Bonchev–Trinajstić information content (AvgIpc) is 2.72. The molecule has 1 aromatic carbocycles. The number of fused-ring (bicyclic) bond motifs is 1. The normalized spacial score (nSPS) is 14.3. The number of nitrogens with one attached hydrogen (secondary N) is 1. The number of ketones is 1. The Balaban J connectivity index is 2.44. The van der Waals surface area contributed by atoms with Crippen molar-refractivity contribution in [1.29, 1.82) is 0 Å². The molecule has 0 aliphatic rings. The Morgan fingerprint density at radius 1 is 1.39 bits per heavy atom. The SMILES string of the molecule is CC(=O)[C@@](N)(Cc1c[nH]c2ccccc12)C(=O)O. The van der Waals surface area contributed by atoms with Gasteiger partial charge in [-0.05, 0) is 18.6 Å². The van der Waals surface area contributed by atoms with Crippen LogP contribution in [0, 0.1) is 0 Å². The number of para-hydroxylation sites is 1. The smallest absolute Gasteiger partial charge is 0.331 e. The Morgan fingerprint density at radius 2 is 2.06 bits per heavy atom. The number of H-pyrrole nitrogens is 1. The van der Waals surface area contributed by atoms with Gasteiger partial charge in [-0.1, -0.05) is 18.2 Å². The lowest BCUT2D eigenvalue weighted by molar-refractivity contribution is -0.147. The van der Waals surface area contributed by atoms with Crippen LogP contribution in [-0.2, 0) is 16.0 Å². The molecule has 1 aromatic heterocycles. The second kappa shape index (κ2) is 4.27. The number of hydrogen-bond donors (Lipinski definition) is 3. The molecular formula is C13H14N2O3. The molecule has 0 radical (unpaired) electrons. The van der Waals surface area contributed by atoms with Gasteiger partial charge in [-0.3, -0.25) is 4.79 Å². The van der Waals surface area contributed by atoms with Crippen molar-refractivity contribution in [2.24, 2.45) is 5.73 Å². The Hall–Kier alpha value is -2.14. The largest absolute Gasteiger partial charge is 0.480 e. The van der Waals surface area contributed by atoms with Crippen molar-refractivity contribution in [3.63, 3.8) is 0 Å². The van der Waals surface area contributed by atoms with Crippen molar-refractivity contribution >= 4 is 22.7 Å². The van der Waals surface area contributed by atoms with Gasteiger partial charge < -0.3 is 15.8 Å². The third-order valence-corrected chi connectivity index (χ3v) is 3.15. The Morgan fingerprint density at radius 3 is 2.67 bits per heavy atom. The molecule has 1 atom stereocenters. The van der Waals surface area contributed by atoms with Gasteiger partial charge in [0.1, 0.15) is 0 Å². The zero-order chi connectivity index (χ0) is 13.3. The first-order valence-corrected chi connectivity index (χ1v) is 5.53. The monoisotopic (exact) mass is 246 g/mol. The number of aliphatic carboxylic acids is 1. The second-order valence-electron chi connectivity index (χ2n) is 4.37. The molecule has 2 rings (SSSR count). The lowest BCUT2D eigenvalue weighted by atomic mass is 9.88. The third-order valence-electron chi connectivity index (χ3n) is 3.15. The minimum absolute atomic E-state index is 0.0261. The fourth-order valence-corrected chi connectivity index (χ4v) is 1.93. The van der Waals surface area contributed by atoms with E-state index < -0.39 is 17.3 Å². The van der Waals surface area contributed by atoms with Gasteiger partial charge in [0.05, 0.1) is 0 Å². The summed E-state index contributed by atoms with van der Waals surface area (Å²) in [6, 6.07) is 7.47. The zero-order valence-corrected chi connectivity index (χ0v) is 9.93. The Labute approximate surface area is 104 Å². The van der Waals surface area contributed by atoms with E-state index in [4.69, 9.17) is 10.8 Å². The standard InChI is InChI=1S/C13H14N2O3/c1-8(16)13(14,12(17)18)6-9-7-15-11-5-3-2-4-10(9)11/h2-5,7,15H,6,14H2,1H3,(H,17,18)/t13-/m0/s1. The van der Waals surface area contributed by atoms with Crippen LogP contribution in [-0.4, -0.2) is 27.4 Å². The van der Waals surface area contributed by atoms with E-state index in [1.54, 1.807) is 6.20 Å². The summed E-state index contributed by atoms with van der Waals surface area (Å²) < 4.78 is 0. The van der Waals surface area contributed by atoms with Crippen LogP contribution in [0.15, 0.2) is 30.5 Å². The molecule has 5 nitrogen and oxygen atoms in total. The maximum atomic E-state index is 11.5. The van der Waals surface area contributed by atoms with Crippen molar-refractivity contribution in [2.75, 3.05) is 0 Å². The molecule has 5 heteroatoms. The molecule has 4 N–H and O–H groups in total. The van der Waals surface area contributed by atoms with Crippen LogP contribution in [0.1, 0.15) is 12.5 Å². The number of carboxylic acid groups (broad SMARTS) is 1. The number of Topliss-reactive ketones (excluding diaryl/α,β-unsaturated/α-hetero) is 1. The maximum Gasteiger partial charge on any atom is 0.331 e. The van der Waals surface area contributed by atoms with Crippen molar-refractivity contribution in [3.05, 3.63) is 36.0 Å². The van der Waals surface area contributed by atoms with Gasteiger partial charge >= 0.3 is 5.97 Å². The summed E-state index contributed by atoms with van der Waals surface area (Å²) in [6.45, 7) is 1.20. The van der Waals surface area contributed by atoms with Gasteiger partial charge in [0.25, 0.3) is 0 Å². The van der Waals surface area contributed by atoms with Crippen LogP contribution >= 0.6 is 0 Å². The van der Waals surface area contributed by atoms with Gasteiger partial charge in [0.15, 0.2) is 11.3 Å². The van der Waals surface area contributed by atoms with Crippen LogP contribution in [0.2, 0.25) is 0 Å². The molecule has 0 aliphatic carbocycles. The summed E-state index contributed by atoms with van der Waals surface area (Å²) in [7, 11) is 0. The number of aromatic amines is 1. The van der Waals surface area contributed by atoms with Crippen LogP contribution in [0.5, 0.6) is 0 Å². The molecule has 1 heterocycles. The highest BCUT2D eigenvalue weighted by atomic mass is 16.4. The molecule has 18 heavy (non-hydrogen) atoms. The summed E-state index contributed by atoms with van der Waals surface area (Å²) in [5, 5.41) is 10.0. The number of carboxylic acids is 1. The van der Waals surface area contributed by atoms with Crippen LogP contribution in [0.25, 0.3) is 10.9 Å². The highest BCUT2D eigenvalue weighted by molar-refractivity contribution is 6.07. The Bertz CT molecular complexity index is 601. The molecule has 0 bridgehead atoms.